The largest absolute Gasteiger partial charge is 0.469 e. The summed E-state index contributed by atoms with van der Waals surface area (Å²) in [5.41, 5.74) is 0. The average Bonchev–Trinajstić information content (AvgIpc) is 2.95. The molecule has 0 aliphatic heterocycles. The maximum Gasteiger partial charge on any atom is 0.305 e. The smallest absolute Gasteiger partial charge is 0.305 e. The van der Waals surface area contributed by atoms with Gasteiger partial charge in [0.05, 0.1) is 7.11 Å². The zero-order valence-electron chi connectivity index (χ0n) is 12.7. The first-order chi connectivity index (χ1) is 9.76. The van der Waals surface area contributed by atoms with E-state index in [1.807, 2.05) is 0 Å². The van der Waals surface area contributed by atoms with E-state index in [2.05, 4.69) is 39.4 Å². The lowest BCUT2D eigenvalue weighted by Gasteiger charge is -2.16. The highest BCUT2D eigenvalue weighted by molar-refractivity contribution is 5.80. The number of carbonyl (C=O) groups is 1. The minimum atomic E-state index is -0.128. The van der Waals surface area contributed by atoms with Crippen molar-refractivity contribution in [1.82, 2.24) is 10.6 Å². The maximum atomic E-state index is 11.0. The van der Waals surface area contributed by atoms with Crippen molar-refractivity contribution in [1.29, 1.82) is 0 Å². The first-order valence-electron chi connectivity index (χ1n) is 7.53. The number of aliphatic imine (C=N–C) groups is 1. The van der Waals surface area contributed by atoms with Crippen molar-refractivity contribution in [2.24, 2.45) is 4.99 Å². The summed E-state index contributed by atoms with van der Waals surface area (Å²) in [7, 11) is 1.43. The molecule has 1 rings (SSSR count). The van der Waals surface area contributed by atoms with Crippen molar-refractivity contribution in [3.63, 3.8) is 0 Å². The fraction of sp³-hybridized carbons (Fsp3) is 0.733. The summed E-state index contributed by atoms with van der Waals surface area (Å²) in [6.45, 7) is 3.73. The summed E-state index contributed by atoms with van der Waals surface area (Å²) >= 11 is 0. The van der Waals surface area contributed by atoms with E-state index in [1.54, 1.807) is 0 Å². The highest BCUT2D eigenvalue weighted by Gasteiger charge is 2.11. The number of ether oxygens (including phenoxy) is 1. The highest BCUT2D eigenvalue weighted by Crippen LogP contribution is 2.08. The van der Waals surface area contributed by atoms with Gasteiger partial charge < -0.3 is 15.4 Å². The van der Waals surface area contributed by atoms with E-state index in [0.29, 0.717) is 12.5 Å². The van der Waals surface area contributed by atoms with Crippen molar-refractivity contribution in [2.75, 3.05) is 20.2 Å². The first kappa shape index (κ1) is 16.5. The summed E-state index contributed by atoms with van der Waals surface area (Å²) in [5, 5.41) is 6.70. The molecule has 0 spiro atoms. The first-order valence-corrected chi connectivity index (χ1v) is 7.53. The second kappa shape index (κ2) is 10.3. The molecule has 0 amide bonds. The van der Waals surface area contributed by atoms with E-state index < -0.39 is 0 Å². The Kier molecular flexibility index (Phi) is 8.51. The van der Waals surface area contributed by atoms with E-state index in [4.69, 9.17) is 0 Å². The van der Waals surface area contributed by atoms with E-state index in [9.17, 15) is 4.79 Å². The summed E-state index contributed by atoms with van der Waals surface area (Å²) in [6.07, 6.45) is 9.93. The molecule has 5 nitrogen and oxygen atoms in total. The molecule has 0 saturated carbocycles. The number of carbonyl (C=O) groups excluding carboxylic acids is 1. The number of nitrogens with one attached hydrogen (secondary N) is 2. The van der Waals surface area contributed by atoms with Crippen LogP contribution in [0.2, 0.25) is 0 Å². The van der Waals surface area contributed by atoms with Gasteiger partial charge >= 0.3 is 5.97 Å². The molecule has 0 bridgehead atoms. The Morgan fingerprint density at radius 1 is 1.30 bits per heavy atom. The fourth-order valence-electron chi connectivity index (χ4n) is 2.10. The fourth-order valence-corrected chi connectivity index (χ4v) is 2.10. The average molecular weight is 281 g/mol. The molecule has 0 aromatic carbocycles. The number of hydrogen-bond acceptors (Lipinski definition) is 3. The monoisotopic (exact) mass is 281 g/mol. The van der Waals surface area contributed by atoms with E-state index >= 15 is 0 Å². The second-order valence-electron chi connectivity index (χ2n) is 4.93. The molecule has 0 aromatic heterocycles. The number of esters is 1. The Hall–Kier alpha value is -1.52. The van der Waals surface area contributed by atoms with E-state index in [0.717, 1.165) is 51.2 Å². The topological polar surface area (TPSA) is 62.7 Å². The third-order valence-corrected chi connectivity index (χ3v) is 3.23. The molecule has 0 unspecified atom stereocenters. The van der Waals surface area contributed by atoms with Gasteiger partial charge in [-0.25, -0.2) is 0 Å². The minimum Gasteiger partial charge on any atom is -0.469 e. The second-order valence-corrected chi connectivity index (χ2v) is 4.93. The van der Waals surface area contributed by atoms with Gasteiger partial charge in [-0.1, -0.05) is 18.6 Å². The van der Waals surface area contributed by atoms with Gasteiger partial charge in [0, 0.05) is 25.6 Å². The molecule has 0 saturated heterocycles. The third kappa shape index (κ3) is 7.16. The molecular formula is C15H27N3O2. The summed E-state index contributed by atoms with van der Waals surface area (Å²) in [5.74, 6) is 0.770. The van der Waals surface area contributed by atoms with Crippen molar-refractivity contribution < 1.29 is 9.53 Å². The van der Waals surface area contributed by atoms with E-state index in [1.165, 1.54) is 7.11 Å². The van der Waals surface area contributed by atoms with Gasteiger partial charge in [0.15, 0.2) is 5.96 Å². The van der Waals surface area contributed by atoms with E-state index in [-0.39, 0.29) is 5.97 Å². The highest BCUT2D eigenvalue weighted by atomic mass is 16.5. The molecule has 0 fully saturated rings. The molecule has 20 heavy (non-hydrogen) atoms. The van der Waals surface area contributed by atoms with Crippen LogP contribution >= 0.6 is 0 Å². The lowest BCUT2D eigenvalue weighted by molar-refractivity contribution is -0.140. The number of methoxy groups -OCH3 is 1. The normalized spacial score (nSPS) is 15.4. The van der Waals surface area contributed by atoms with Gasteiger partial charge in [-0.3, -0.25) is 9.79 Å². The van der Waals surface area contributed by atoms with Gasteiger partial charge in [-0.15, -0.1) is 0 Å². The molecule has 1 aliphatic rings. The minimum absolute atomic E-state index is 0.128. The van der Waals surface area contributed by atoms with Crippen molar-refractivity contribution in [2.45, 2.75) is 51.5 Å². The molecule has 0 heterocycles. The van der Waals surface area contributed by atoms with Crippen molar-refractivity contribution >= 4 is 11.9 Å². The SMILES string of the molecule is CCNC(=NCCCCCC(=O)OC)NC1CC=CC1. The van der Waals surface area contributed by atoms with Crippen LogP contribution in [0.1, 0.15) is 45.4 Å². The predicted octanol–water partition coefficient (Wildman–Crippen LogP) is 1.99. The van der Waals surface area contributed by atoms with Crippen molar-refractivity contribution in [3.05, 3.63) is 12.2 Å². The van der Waals surface area contributed by atoms with Gasteiger partial charge in [0.2, 0.25) is 0 Å². The lowest BCUT2D eigenvalue weighted by atomic mass is 10.2. The van der Waals surface area contributed by atoms with Crippen LogP contribution in [0.5, 0.6) is 0 Å². The molecule has 2 N–H and O–H groups in total. The Morgan fingerprint density at radius 3 is 2.70 bits per heavy atom. The van der Waals surface area contributed by atoms with Crippen LogP contribution in [-0.2, 0) is 9.53 Å². The van der Waals surface area contributed by atoms with Gasteiger partial charge in [-0.2, -0.15) is 0 Å². The van der Waals surface area contributed by atoms with Crippen LogP contribution in [0, 0.1) is 0 Å². The van der Waals surface area contributed by atoms with Crippen LogP contribution in [0.25, 0.3) is 0 Å². The molecule has 0 aromatic rings. The predicted molar refractivity (Wildman–Crippen MR) is 81.8 cm³/mol. The molecule has 0 radical (unpaired) electrons. The Morgan fingerprint density at radius 2 is 2.05 bits per heavy atom. The summed E-state index contributed by atoms with van der Waals surface area (Å²) < 4.78 is 4.61. The molecule has 5 heteroatoms. The number of guanidine groups is 1. The van der Waals surface area contributed by atoms with Crippen LogP contribution in [0.3, 0.4) is 0 Å². The molecule has 114 valence electrons. The van der Waals surface area contributed by atoms with Crippen LogP contribution in [0.4, 0.5) is 0 Å². The number of hydrogen-bond donors (Lipinski definition) is 2. The van der Waals surface area contributed by atoms with Crippen molar-refractivity contribution in [3.8, 4) is 0 Å². The standard InChI is InChI=1S/C15H27N3O2/c1-3-16-15(18-13-9-6-7-10-13)17-12-8-4-5-11-14(19)20-2/h6-7,13H,3-5,8-12H2,1-2H3,(H2,16,17,18). The van der Waals surface area contributed by atoms with Gasteiger partial charge in [0.1, 0.15) is 0 Å². The van der Waals surface area contributed by atoms with Gasteiger partial charge in [-0.05, 0) is 32.6 Å². The summed E-state index contributed by atoms with van der Waals surface area (Å²) in [4.78, 5) is 15.5. The Labute approximate surface area is 121 Å². The number of nitrogens with zero attached hydrogens (tertiary/aromatic N) is 1. The zero-order valence-corrected chi connectivity index (χ0v) is 12.7. The molecule has 0 atom stereocenters. The van der Waals surface area contributed by atoms with Crippen LogP contribution < -0.4 is 10.6 Å². The molecular weight excluding hydrogens is 254 g/mol. The molecule has 1 aliphatic carbocycles. The zero-order chi connectivity index (χ0) is 14.6. The van der Waals surface area contributed by atoms with Crippen LogP contribution in [0.15, 0.2) is 17.1 Å². The third-order valence-electron chi connectivity index (χ3n) is 3.23. The quantitative estimate of drug-likeness (QED) is 0.235. The Balaban J connectivity index is 2.16. The summed E-state index contributed by atoms with van der Waals surface area (Å²) in [6, 6.07) is 0.479. The lowest BCUT2D eigenvalue weighted by Crippen LogP contribution is -2.42. The Bertz CT molecular complexity index is 332. The number of rotatable bonds is 8. The van der Waals surface area contributed by atoms with Crippen LogP contribution in [-0.4, -0.2) is 38.2 Å². The van der Waals surface area contributed by atoms with Gasteiger partial charge in [0.25, 0.3) is 0 Å². The maximum absolute atomic E-state index is 11.0. The number of unbranched alkanes of at least 4 members (excludes halogenated alkanes) is 2.